The van der Waals surface area contributed by atoms with Crippen LogP contribution in [0.1, 0.15) is 13.8 Å². The van der Waals surface area contributed by atoms with Crippen molar-refractivity contribution in [1.82, 2.24) is 15.5 Å². The summed E-state index contributed by atoms with van der Waals surface area (Å²) in [5, 5.41) is 6.35. The molecule has 1 saturated heterocycles. The third-order valence-corrected chi connectivity index (χ3v) is 4.12. The van der Waals surface area contributed by atoms with E-state index in [0.29, 0.717) is 25.0 Å². The molecule has 1 aliphatic rings. The first-order chi connectivity index (χ1) is 13.1. The number of hydrogen-bond donors (Lipinski definition) is 2. The molecule has 1 fully saturated rings. The van der Waals surface area contributed by atoms with Gasteiger partial charge in [-0.1, -0.05) is 6.92 Å². The quantitative estimate of drug-likeness (QED) is 0.387. The molecule has 0 spiro atoms. The third kappa shape index (κ3) is 8.09. The number of hydrogen-bond acceptors (Lipinski definition) is 4. The second kappa shape index (κ2) is 11.7. The first-order valence-electron chi connectivity index (χ1n) is 9.48. The third-order valence-electron chi connectivity index (χ3n) is 4.12. The van der Waals surface area contributed by atoms with Gasteiger partial charge in [-0.3, -0.25) is 9.89 Å². The Morgan fingerprint density at radius 1 is 1.30 bits per heavy atom. The summed E-state index contributed by atoms with van der Waals surface area (Å²) >= 11 is 0. The number of morpholine rings is 1. The average Bonchev–Trinajstić information content (AvgIpc) is 2.65. The molecule has 0 aliphatic carbocycles. The van der Waals surface area contributed by atoms with E-state index in [1.807, 2.05) is 6.92 Å². The van der Waals surface area contributed by atoms with Crippen molar-refractivity contribution in [2.24, 2.45) is 10.9 Å². The number of benzene rings is 1. The van der Waals surface area contributed by atoms with E-state index in [1.54, 1.807) is 0 Å². The van der Waals surface area contributed by atoms with Crippen LogP contribution >= 0.6 is 0 Å². The van der Waals surface area contributed by atoms with Gasteiger partial charge in [0.05, 0.1) is 19.8 Å². The molecule has 1 unspecified atom stereocenters. The van der Waals surface area contributed by atoms with Crippen molar-refractivity contribution in [2.75, 3.05) is 59.1 Å². The second-order valence-corrected chi connectivity index (χ2v) is 6.59. The number of nitrogens with one attached hydrogen (secondary N) is 2. The Labute approximate surface area is 159 Å². The Kier molecular flexibility index (Phi) is 9.27. The van der Waals surface area contributed by atoms with Crippen molar-refractivity contribution in [3.05, 3.63) is 29.8 Å². The van der Waals surface area contributed by atoms with Crippen LogP contribution in [0.15, 0.2) is 23.2 Å². The maximum atomic E-state index is 13.5. The van der Waals surface area contributed by atoms with Gasteiger partial charge in [-0.15, -0.1) is 0 Å². The molecule has 8 heteroatoms. The molecule has 2 N–H and O–H groups in total. The minimum atomic E-state index is -0.701. The lowest BCUT2D eigenvalue weighted by atomic mass is 10.1. The molecule has 0 saturated carbocycles. The fourth-order valence-corrected chi connectivity index (χ4v) is 2.79. The fraction of sp³-hybridized carbons (Fsp3) is 0.632. The Hall–Kier alpha value is -1.93. The summed E-state index contributed by atoms with van der Waals surface area (Å²) in [6, 6.07) is 3.27. The Morgan fingerprint density at radius 2 is 2.07 bits per heavy atom. The van der Waals surface area contributed by atoms with Crippen LogP contribution < -0.4 is 15.4 Å². The summed E-state index contributed by atoms with van der Waals surface area (Å²) in [5.41, 5.74) is 0. The van der Waals surface area contributed by atoms with Crippen LogP contribution in [0, 0.1) is 17.6 Å². The maximum Gasteiger partial charge on any atom is 0.191 e. The summed E-state index contributed by atoms with van der Waals surface area (Å²) in [6.07, 6.45) is 0. The summed E-state index contributed by atoms with van der Waals surface area (Å²) < 4.78 is 37.1. The first kappa shape index (κ1) is 21.4. The van der Waals surface area contributed by atoms with Crippen molar-refractivity contribution < 1.29 is 18.3 Å². The van der Waals surface area contributed by atoms with Gasteiger partial charge in [0.1, 0.15) is 12.4 Å². The van der Waals surface area contributed by atoms with Crippen molar-refractivity contribution in [2.45, 2.75) is 13.8 Å². The van der Waals surface area contributed by atoms with Crippen LogP contribution in [0.25, 0.3) is 0 Å². The smallest absolute Gasteiger partial charge is 0.191 e. The topological polar surface area (TPSA) is 58.1 Å². The minimum Gasteiger partial charge on any atom is -0.489 e. The van der Waals surface area contributed by atoms with Gasteiger partial charge in [0.15, 0.2) is 17.5 Å². The van der Waals surface area contributed by atoms with E-state index < -0.39 is 11.6 Å². The molecule has 1 aromatic carbocycles. The first-order valence-corrected chi connectivity index (χ1v) is 9.48. The standard InChI is InChI=1S/C19H30F2N4O2/c1-3-22-19(24-13-15(2)14-25-7-10-26-11-8-25)23-6-9-27-18-5-4-16(20)12-17(18)21/h4-5,12,15H,3,6-11,13-14H2,1-2H3,(H2,22,23,24). The van der Waals surface area contributed by atoms with Crippen LogP contribution in [0.3, 0.4) is 0 Å². The highest BCUT2D eigenvalue weighted by atomic mass is 19.1. The predicted molar refractivity (Wildman–Crippen MR) is 102 cm³/mol. The summed E-state index contributed by atoms with van der Waals surface area (Å²) in [4.78, 5) is 7.01. The van der Waals surface area contributed by atoms with Crippen molar-refractivity contribution in [3.8, 4) is 5.75 Å². The van der Waals surface area contributed by atoms with Gasteiger partial charge in [-0.25, -0.2) is 8.78 Å². The number of aliphatic imine (C=N–C) groups is 1. The molecule has 1 aliphatic heterocycles. The second-order valence-electron chi connectivity index (χ2n) is 6.59. The van der Waals surface area contributed by atoms with Crippen LogP contribution in [-0.2, 0) is 4.74 Å². The van der Waals surface area contributed by atoms with Gasteiger partial charge >= 0.3 is 0 Å². The summed E-state index contributed by atoms with van der Waals surface area (Å²) in [7, 11) is 0. The molecule has 27 heavy (non-hydrogen) atoms. The van der Waals surface area contributed by atoms with Gasteiger partial charge in [-0.2, -0.15) is 0 Å². The van der Waals surface area contributed by atoms with Crippen LogP contribution in [0.4, 0.5) is 8.78 Å². The number of rotatable bonds is 9. The van der Waals surface area contributed by atoms with Gasteiger partial charge in [-0.05, 0) is 25.0 Å². The summed E-state index contributed by atoms with van der Waals surface area (Å²) in [6.45, 7) is 10.9. The van der Waals surface area contributed by atoms with Gasteiger partial charge in [0.25, 0.3) is 0 Å². The molecule has 0 bridgehead atoms. The van der Waals surface area contributed by atoms with Gasteiger partial charge in [0.2, 0.25) is 0 Å². The lowest BCUT2D eigenvalue weighted by Crippen LogP contribution is -2.41. The van der Waals surface area contributed by atoms with E-state index in [2.05, 4.69) is 27.4 Å². The highest BCUT2D eigenvalue weighted by Gasteiger charge is 2.13. The lowest BCUT2D eigenvalue weighted by Gasteiger charge is -2.28. The molecule has 2 rings (SSSR count). The van der Waals surface area contributed by atoms with E-state index in [1.165, 1.54) is 12.1 Å². The van der Waals surface area contributed by atoms with E-state index in [0.717, 1.165) is 45.5 Å². The van der Waals surface area contributed by atoms with Gasteiger partial charge < -0.3 is 20.1 Å². The maximum absolute atomic E-state index is 13.5. The van der Waals surface area contributed by atoms with Crippen LogP contribution in [0.2, 0.25) is 0 Å². The normalized spacial score (nSPS) is 16.8. The largest absolute Gasteiger partial charge is 0.489 e. The lowest BCUT2D eigenvalue weighted by molar-refractivity contribution is 0.0323. The molecule has 0 aromatic heterocycles. The molecule has 1 aromatic rings. The number of nitrogens with zero attached hydrogens (tertiary/aromatic N) is 2. The van der Waals surface area contributed by atoms with Crippen LogP contribution in [-0.4, -0.2) is 69.9 Å². The zero-order valence-electron chi connectivity index (χ0n) is 16.1. The van der Waals surface area contributed by atoms with E-state index in [9.17, 15) is 8.78 Å². The van der Waals surface area contributed by atoms with Gasteiger partial charge in [0, 0.05) is 38.8 Å². The number of ether oxygens (including phenoxy) is 2. The molecule has 1 atom stereocenters. The Balaban J connectivity index is 1.72. The van der Waals surface area contributed by atoms with Crippen LogP contribution in [0.5, 0.6) is 5.75 Å². The molecular weight excluding hydrogens is 354 g/mol. The fourth-order valence-electron chi connectivity index (χ4n) is 2.79. The number of halogens is 2. The monoisotopic (exact) mass is 384 g/mol. The number of guanidine groups is 1. The highest BCUT2D eigenvalue weighted by Crippen LogP contribution is 2.17. The van der Waals surface area contributed by atoms with E-state index in [-0.39, 0.29) is 12.4 Å². The average molecular weight is 384 g/mol. The van der Waals surface area contributed by atoms with Crippen molar-refractivity contribution in [3.63, 3.8) is 0 Å². The molecule has 6 nitrogen and oxygen atoms in total. The summed E-state index contributed by atoms with van der Waals surface area (Å²) in [5.74, 6) is -0.143. The predicted octanol–water partition coefficient (Wildman–Crippen LogP) is 1.87. The molecule has 0 radical (unpaired) electrons. The van der Waals surface area contributed by atoms with Crippen molar-refractivity contribution >= 4 is 5.96 Å². The Morgan fingerprint density at radius 3 is 2.78 bits per heavy atom. The molecule has 1 heterocycles. The van der Waals surface area contributed by atoms with E-state index >= 15 is 0 Å². The zero-order chi connectivity index (χ0) is 19.5. The molecular formula is C19H30F2N4O2. The van der Waals surface area contributed by atoms with E-state index in [4.69, 9.17) is 9.47 Å². The SMILES string of the molecule is CCNC(=NCC(C)CN1CCOCC1)NCCOc1ccc(F)cc1F. The minimum absolute atomic E-state index is 0.0410. The Bertz CT molecular complexity index is 595. The zero-order valence-corrected chi connectivity index (χ0v) is 16.1. The molecule has 0 amide bonds. The van der Waals surface area contributed by atoms with Crippen molar-refractivity contribution in [1.29, 1.82) is 0 Å². The molecule has 152 valence electrons. The highest BCUT2D eigenvalue weighted by molar-refractivity contribution is 5.79.